The molecule has 154 valence electrons. The molecule has 0 spiro atoms. The topological polar surface area (TPSA) is 58.6 Å². The lowest BCUT2D eigenvalue weighted by molar-refractivity contribution is -0.126. The molecule has 2 aromatic carbocycles. The van der Waals surface area contributed by atoms with Gasteiger partial charge in [-0.25, -0.2) is 0 Å². The Labute approximate surface area is 173 Å². The summed E-state index contributed by atoms with van der Waals surface area (Å²) in [6.07, 6.45) is 1.64. The van der Waals surface area contributed by atoms with Gasteiger partial charge in [0.15, 0.2) is 0 Å². The maximum Gasteiger partial charge on any atom is 0.253 e. The highest BCUT2D eigenvalue weighted by Crippen LogP contribution is 2.21. The number of piperidine rings is 1. The van der Waals surface area contributed by atoms with Crippen molar-refractivity contribution in [1.82, 2.24) is 10.2 Å². The minimum atomic E-state index is -0.183. The van der Waals surface area contributed by atoms with Crippen LogP contribution in [0.1, 0.15) is 46.8 Å². The van der Waals surface area contributed by atoms with Gasteiger partial charge in [-0.1, -0.05) is 35.4 Å². The first-order valence-corrected chi connectivity index (χ1v) is 10.3. The Morgan fingerprint density at radius 2 is 1.86 bits per heavy atom. The van der Waals surface area contributed by atoms with E-state index in [0.717, 1.165) is 35.3 Å². The molecular weight excluding hydrogens is 364 g/mol. The van der Waals surface area contributed by atoms with Gasteiger partial charge < -0.3 is 15.0 Å². The smallest absolute Gasteiger partial charge is 0.253 e. The van der Waals surface area contributed by atoms with Crippen molar-refractivity contribution in [2.75, 3.05) is 19.7 Å². The number of rotatable bonds is 6. The third-order valence-electron chi connectivity index (χ3n) is 5.27. The number of para-hydroxylation sites is 1. The van der Waals surface area contributed by atoms with Crippen molar-refractivity contribution >= 4 is 11.8 Å². The van der Waals surface area contributed by atoms with Gasteiger partial charge in [-0.3, -0.25) is 9.59 Å². The van der Waals surface area contributed by atoms with Gasteiger partial charge in [0.25, 0.3) is 5.91 Å². The second-order valence-electron chi connectivity index (χ2n) is 7.73. The summed E-state index contributed by atoms with van der Waals surface area (Å²) in [6.45, 7) is 8.11. The van der Waals surface area contributed by atoms with Crippen molar-refractivity contribution in [3.8, 4) is 5.75 Å². The lowest BCUT2D eigenvalue weighted by Gasteiger charge is -2.32. The van der Waals surface area contributed by atoms with E-state index in [1.165, 1.54) is 0 Å². The lowest BCUT2D eigenvalue weighted by atomic mass is 9.96. The van der Waals surface area contributed by atoms with E-state index < -0.39 is 0 Å². The predicted molar refractivity (Wildman–Crippen MR) is 114 cm³/mol. The summed E-state index contributed by atoms with van der Waals surface area (Å²) in [5, 5.41) is 3.03. The fourth-order valence-electron chi connectivity index (χ4n) is 3.93. The maximum atomic E-state index is 12.9. The number of amides is 2. The first-order chi connectivity index (χ1) is 14.0. The van der Waals surface area contributed by atoms with Crippen LogP contribution in [0, 0.1) is 19.8 Å². The highest BCUT2D eigenvalue weighted by atomic mass is 16.5. The van der Waals surface area contributed by atoms with Crippen molar-refractivity contribution in [1.29, 1.82) is 0 Å². The van der Waals surface area contributed by atoms with Crippen molar-refractivity contribution in [3.63, 3.8) is 0 Å². The van der Waals surface area contributed by atoms with E-state index in [-0.39, 0.29) is 17.7 Å². The number of hydrogen-bond donors (Lipinski definition) is 1. The maximum absolute atomic E-state index is 12.9. The molecule has 0 unspecified atom stereocenters. The molecule has 1 atom stereocenters. The van der Waals surface area contributed by atoms with Crippen molar-refractivity contribution in [3.05, 3.63) is 64.7 Å². The summed E-state index contributed by atoms with van der Waals surface area (Å²) >= 11 is 0. The average molecular weight is 395 g/mol. The molecule has 0 bridgehead atoms. The van der Waals surface area contributed by atoms with Gasteiger partial charge in [-0.05, 0) is 51.8 Å². The van der Waals surface area contributed by atoms with Crippen LogP contribution in [0.4, 0.5) is 0 Å². The van der Waals surface area contributed by atoms with Crippen LogP contribution < -0.4 is 10.1 Å². The van der Waals surface area contributed by atoms with Crippen LogP contribution in [-0.2, 0) is 11.3 Å². The zero-order chi connectivity index (χ0) is 20.8. The van der Waals surface area contributed by atoms with E-state index in [1.54, 1.807) is 0 Å². The van der Waals surface area contributed by atoms with Crippen LogP contribution in [0.15, 0.2) is 42.5 Å². The Kier molecular flexibility index (Phi) is 6.91. The van der Waals surface area contributed by atoms with Crippen molar-refractivity contribution < 1.29 is 14.3 Å². The number of nitrogens with one attached hydrogen (secondary N) is 1. The van der Waals surface area contributed by atoms with Gasteiger partial charge in [-0.15, -0.1) is 0 Å². The third-order valence-corrected chi connectivity index (χ3v) is 5.27. The minimum absolute atomic E-state index is 0.00535. The van der Waals surface area contributed by atoms with Gasteiger partial charge in [0.1, 0.15) is 5.75 Å². The van der Waals surface area contributed by atoms with Gasteiger partial charge in [-0.2, -0.15) is 0 Å². The SMILES string of the molecule is CCOc1ccccc1CNC(=O)[C@@H]1CCCN(C(=O)c2cc(C)cc(C)c2)C1. The summed E-state index contributed by atoms with van der Waals surface area (Å²) in [5.41, 5.74) is 3.82. The van der Waals surface area contributed by atoms with E-state index in [4.69, 9.17) is 4.74 Å². The molecule has 0 aliphatic carbocycles. The summed E-state index contributed by atoms with van der Waals surface area (Å²) in [7, 11) is 0. The molecule has 2 aromatic rings. The molecule has 1 fully saturated rings. The summed E-state index contributed by atoms with van der Waals surface area (Å²) in [5.74, 6) is 0.619. The molecule has 5 nitrogen and oxygen atoms in total. The zero-order valence-electron chi connectivity index (χ0n) is 17.5. The Bertz CT molecular complexity index is 858. The van der Waals surface area contributed by atoms with Crippen LogP contribution in [0.3, 0.4) is 0 Å². The number of benzene rings is 2. The molecule has 1 saturated heterocycles. The third kappa shape index (κ3) is 5.37. The number of likely N-dealkylation sites (tertiary alicyclic amines) is 1. The zero-order valence-corrected chi connectivity index (χ0v) is 17.5. The molecule has 2 amide bonds. The largest absolute Gasteiger partial charge is 0.494 e. The molecule has 29 heavy (non-hydrogen) atoms. The van der Waals surface area contributed by atoms with Crippen LogP contribution in [-0.4, -0.2) is 36.4 Å². The Balaban J connectivity index is 1.61. The number of hydrogen-bond acceptors (Lipinski definition) is 3. The summed E-state index contributed by atoms with van der Waals surface area (Å²) in [4.78, 5) is 27.5. The number of aryl methyl sites for hydroxylation is 2. The highest BCUT2D eigenvalue weighted by molar-refractivity contribution is 5.95. The quantitative estimate of drug-likeness (QED) is 0.809. The Morgan fingerprint density at radius 1 is 1.14 bits per heavy atom. The van der Waals surface area contributed by atoms with E-state index in [9.17, 15) is 9.59 Å². The second-order valence-corrected chi connectivity index (χ2v) is 7.73. The number of nitrogens with zero attached hydrogens (tertiary/aromatic N) is 1. The lowest BCUT2D eigenvalue weighted by Crippen LogP contribution is -2.45. The molecular formula is C24H30N2O3. The Morgan fingerprint density at radius 3 is 2.59 bits per heavy atom. The molecule has 1 N–H and O–H groups in total. The van der Waals surface area contributed by atoms with Gasteiger partial charge >= 0.3 is 0 Å². The van der Waals surface area contributed by atoms with Gasteiger partial charge in [0, 0.05) is 30.8 Å². The number of carbonyl (C=O) groups excluding carboxylic acids is 2. The normalized spacial score (nSPS) is 16.4. The molecule has 1 aliphatic heterocycles. The van der Waals surface area contributed by atoms with E-state index in [0.29, 0.717) is 31.8 Å². The molecule has 5 heteroatoms. The van der Waals surface area contributed by atoms with Crippen LogP contribution in [0.5, 0.6) is 5.75 Å². The first kappa shape index (κ1) is 20.9. The fourth-order valence-corrected chi connectivity index (χ4v) is 3.93. The first-order valence-electron chi connectivity index (χ1n) is 10.3. The van der Waals surface area contributed by atoms with E-state index >= 15 is 0 Å². The van der Waals surface area contributed by atoms with Crippen LogP contribution in [0.25, 0.3) is 0 Å². The van der Waals surface area contributed by atoms with Gasteiger partial charge in [0.05, 0.1) is 12.5 Å². The number of carbonyl (C=O) groups is 2. The molecule has 0 saturated carbocycles. The molecule has 1 heterocycles. The van der Waals surface area contributed by atoms with Crippen LogP contribution >= 0.6 is 0 Å². The van der Waals surface area contributed by atoms with Crippen molar-refractivity contribution in [2.45, 2.75) is 40.2 Å². The molecule has 0 radical (unpaired) electrons. The second kappa shape index (κ2) is 9.59. The molecule has 1 aliphatic rings. The predicted octanol–water partition coefficient (Wildman–Crippen LogP) is 3.87. The number of ether oxygens (including phenoxy) is 1. The van der Waals surface area contributed by atoms with E-state index in [1.807, 2.05) is 62.1 Å². The summed E-state index contributed by atoms with van der Waals surface area (Å²) in [6, 6.07) is 13.6. The summed E-state index contributed by atoms with van der Waals surface area (Å²) < 4.78 is 5.63. The van der Waals surface area contributed by atoms with Gasteiger partial charge in [0.2, 0.25) is 5.91 Å². The van der Waals surface area contributed by atoms with Crippen molar-refractivity contribution in [2.24, 2.45) is 5.92 Å². The monoisotopic (exact) mass is 394 g/mol. The highest BCUT2D eigenvalue weighted by Gasteiger charge is 2.29. The average Bonchev–Trinajstić information content (AvgIpc) is 2.72. The standard InChI is InChI=1S/C24H30N2O3/c1-4-29-22-10-6-5-8-19(22)15-25-23(27)20-9-7-11-26(16-20)24(28)21-13-17(2)12-18(3)14-21/h5-6,8,10,12-14,20H,4,7,9,11,15-16H2,1-3H3,(H,25,27)/t20-/m1/s1. The Hall–Kier alpha value is -2.82. The minimum Gasteiger partial charge on any atom is -0.494 e. The van der Waals surface area contributed by atoms with E-state index in [2.05, 4.69) is 11.4 Å². The molecule has 3 rings (SSSR count). The fraction of sp³-hybridized carbons (Fsp3) is 0.417. The molecule has 0 aromatic heterocycles. The van der Waals surface area contributed by atoms with Crippen LogP contribution in [0.2, 0.25) is 0 Å².